The Morgan fingerprint density at radius 2 is 2.15 bits per heavy atom. The topological polar surface area (TPSA) is 59.9 Å². The van der Waals surface area contributed by atoms with Gasteiger partial charge in [0.1, 0.15) is 17.3 Å². The van der Waals surface area contributed by atoms with E-state index < -0.39 is 0 Å². The minimum absolute atomic E-state index is 0.383. The third-order valence-corrected chi connectivity index (χ3v) is 2.58. The van der Waals surface area contributed by atoms with E-state index in [1.165, 1.54) is 6.07 Å². The van der Waals surface area contributed by atoms with Crippen molar-refractivity contribution in [2.75, 3.05) is 19.0 Å². The number of nitrogens with zero attached hydrogens (tertiary/aromatic N) is 3. The predicted octanol–water partition coefficient (Wildman–Crippen LogP) is 2.65. The van der Waals surface area contributed by atoms with Crippen molar-refractivity contribution in [3.63, 3.8) is 0 Å². The van der Waals surface area contributed by atoms with Gasteiger partial charge in [0.25, 0.3) is 0 Å². The Morgan fingerprint density at radius 1 is 1.30 bits per heavy atom. The van der Waals surface area contributed by atoms with Crippen LogP contribution in [0.5, 0.6) is 0 Å². The van der Waals surface area contributed by atoms with E-state index in [-0.39, 0.29) is 5.82 Å². The van der Waals surface area contributed by atoms with Gasteiger partial charge in [0, 0.05) is 19.7 Å². The molecule has 0 radical (unpaired) electrons. The second-order valence-electron chi connectivity index (χ2n) is 4.29. The molecule has 0 atom stereocenters. The summed E-state index contributed by atoms with van der Waals surface area (Å²) in [4.78, 5) is 12.8. The van der Waals surface area contributed by atoms with Crippen LogP contribution in [0.15, 0.2) is 24.4 Å². The number of aromatic nitrogens is 3. The summed E-state index contributed by atoms with van der Waals surface area (Å²) < 4.78 is 18.0. The molecule has 0 amide bonds. The third-order valence-electron chi connectivity index (χ3n) is 2.58. The maximum absolute atomic E-state index is 12.9. The number of nitrogens with one attached hydrogen (secondary N) is 1. The van der Waals surface area contributed by atoms with Crippen molar-refractivity contribution in [3.8, 4) is 11.5 Å². The van der Waals surface area contributed by atoms with Crippen molar-refractivity contribution < 1.29 is 9.13 Å². The van der Waals surface area contributed by atoms with Crippen molar-refractivity contribution in [2.45, 2.75) is 20.0 Å². The molecule has 6 heteroatoms. The van der Waals surface area contributed by atoms with Crippen LogP contribution in [-0.4, -0.2) is 28.6 Å². The first-order valence-corrected chi connectivity index (χ1v) is 6.45. The van der Waals surface area contributed by atoms with E-state index in [2.05, 4.69) is 27.2 Å². The van der Waals surface area contributed by atoms with Crippen LogP contribution in [0.3, 0.4) is 0 Å². The van der Waals surface area contributed by atoms with E-state index in [1.54, 1.807) is 13.2 Å². The number of hydrogen-bond donors (Lipinski definition) is 1. The molecule has 20 heavy (non-hydrogen) atoms. The lowest BCUT2D eigenvalue weighted by Gasteiger charge is -2.09. The molecule has 2 rings (SSSR count). The van der Waals surface area contributed by atoms with E-state index in [0.717, 1.165) is 30.7 Å². The number of pyridine rings is 1. The number of methoxy groups -OCH3 is 1. The van der Waals surface area contributed by atoms with Crippen molar-refractivity contribution in [3.05, 3.63) is 35.9 Å². The molecule has 0 bridgehead atoms. The lowest BCUT2D eigenvalue weighted by Crippen LogP contribution is -2.06. The molecular formula is C14H17FN4O. The van der Waals surface area contributed by atoms with Crippen LogP contribution in [0.25, 0.3) is 11.5 Å². The van der Waals surface area contributed by atoms with Gasteiger partial charge in [-0.05, 0) is 18.6 Å². The first kappa shape index (κ1) is 14.3. The Morgan fingerprint density at radius 3 is 2.80 bits per heavy atom. The first-order valence-electron chi connectivity index (χ1n) is 6.45. The largest absolute Gasteiger partial charge is 0.378 e. The molecule has 2 heterocycles. The Balaban J connectivity index is 2.34. The Kier molecular flexibility index (Phi) is 4.95. The molecule has 0 fully saturated rings. The zero-order valence-electron chi connectivity index (χ0n) is 11.6. The van der Waals surface area contributed by atoms with E-state index in [1.807, 2.05) is 6.07 Å². The number of hydrogen-bond acceptors (Lipinski definition) is 5. The summed E-state index contributed by atoms with van der Waals surface area (Å²) >= 11 is 0. The van der Waals surface area contributed by atoms with E-state index in [9.17, 15) is 4.39 Å². The summed E-state index contributed by atoms with van der Waals surface area (Å²) in [6.45, 7) is 3.28. The van der Waals surface area contributed by atoms with Gasteiger partial charge in [-0.3, -0.25) is 0 Å². The highest BCUT2D eigenvalue weighted by Crippen LogP contribution is 2.16. The average molecular weight is 276 g/mol. The molecule has 0 aromatic carbocycles. The molecule has 0 aliphatic carbocycles. The first-order chi connectivity index (χ1) is 9.72. The van der Waals surface area contributed by atoms with Gasteiger partial charge in [-0.1, -0.05) is 6.92 Å². The standard InChI is InChI=1S/C14H17FN4O/c1-3-6-16-13-7-11(9-20-2)18-14(19-13)12-5-4-10(15)8-17-12/h4-5,7-8H,3,6,9H2,1-2H3,(H,16,18,19). The molecule has 0 saturated heterocycles. The lowest BCUT2D eigenvalue weighted by molar-refractivity contribution is 0.181. The zero-order chi connectivity index (χ0) is 14.4. The maximum atomic E-state index is 12.9. The fourth-order valence-electron chi connectivity index (χ4n) is 1.69. The van der Waals surface area contributed by atoms with Gasteiger partial charge >= 0.3 is 0 Å². The monoisotopic (exact) mass is 276 g/mol. The lowest BCUT2D eigenvalue weighted by atomic mass is 10.3. The quantitative estimate of drug-likeness (QED) is 0.879. The highest BCUT2D eigenvalue weighted by molar-refractivity contribution is 5.52. The minimum Gasteiger partial charge on any atom is -0.378 e. The van der Waals surface area contributed by atoms with Crippen molar-refractivity contribution >= 4 is 5.82 Å². The summed E-state index contributed by atoms with van der Waals surface area (Å²) in [6, 6.07) is 4.74. The zero-order valence-corrected chi connectivity index (χ0v) is 11.6. The second-order valence-corrected chi connectivity index (χ2v) is 4.29. The molecule has 0 saturated carbocycles. The normalized spacial score (nSPS) is 10.6. The van der Waals surface area contributed by atoms with Gasteiger partial charge in [-0.2, -0.15) is 0 Å². The van der Waals surface area contributed by atoms with Crippen molar-refractivity contribution in [1.29, 1.82) is 0 Å². The molecule has 0 unspecified atom stereocenters. The summed E-state index contributed by atoms with van der Waals surface area (Å²) in [7, 11) is 1.61. The van der Waals surface area contributed by atoms with E-state index in [4.69, 9.17) is 4.74 Å². The van der Waals surface area contributed by atoms with Gasteiger partial charge in [0.15, 0.2) is 5.82 Å². The smallest absolute Gasteiger partial charge is 0.180 e. The molecular weight excluding hydrogens is 259 g/mol. The van der Waals surface area contributed by atoms with Gasteiger partial charge in [0.05, 0.1) is 18.5 Å². The molecule has 5 nitrogen and oxygen atoms in total. The Hall–Kier alpha value is -2.08. The summed E-state index contributed by atoms with van der Waals surface area (Å²) in [5, 5.41) is 3.21. The molecule has 1 N–H and O–H groups in total. The Labute approximate surface area is 117 Å². The second kappa shape index (κ2) is 6.91. The van der Waals surface area contributed by atoms with Crippen molar-refractivity contribution in [2.24, 2.45) is 0 Å². The summed E-state index contributed by atoms with van der Waals surface area (Å²) in [5.74, 6) is 0.791. The molecule has 2 aromatic rings. The number of halogens is 1. The summed E-state index contributed by atoms with van der Waals surface area (Å²) in [5.41, 5.74) is 1.28. The SMILES string of the molecule is CCCNc1cc(COC)nc(-c2ccc(F)cn2)n1. The van der Waals surface area contributed by atoms with Crippen molar-refractivity contribution in [1.82, 2.24) is 15.0 Å². The van der Waals surface area contributed by atoms with Gasteiger partial charge in [0.2, 0.25) is 0 Å². The van der Waals surface area contributed by atoms with Crippen LogP contribution in [-0.2, 0) is 11.3 Å². The molecule has 0 aliphatic rings. The highest BCUT2D eigenvalue weighted by Gasteiger charge is 2.08. The number of rotatable bonds is 6. The highest BCUT2D eigenvalue weighted by atomic mass is 19.1. The molecule has 106 valence electrons. The maximum Gasteiger partial charge on any atom is 0.180 e. The van der Waals surface area contributed by atoms with Gasteiger partial charge in [-0.15, -0.1) is 0 Å². The predicted molar refractivity (Wildman–Crippen MR) is 74.7 cm³/mol. The summed E-state index contributed by atoms with van der Waals surface area (Å²) in [6.07, 6.45) is 2.15. The van der Waals surface area contributed by atoms with Crippen LogP contribution in [0, 0.1) is 5.82 Å². The van der Waals surface area contributed by atoms with Gasteiger partial charge < -0.3 is 10.1 Å². The van der Waals surface area contributed by atoms with E-state index in [0.29, 0.717) is 18.1 Å². The third kappa shape index (κ3) is 3.71. The molecule has 2 aromatic heterocycles. The van der Waals surface area contributed by atoms with Crippen LogP contribution in [0.4, 0.5) is 10.2 Å². The number of anilines is 1. The van der Waals surface area contributed by atoms with Crippen LogP contribution >= 0.6 is 0 Å². The number of ether oxygens (including phenoxy) is 1. The van der Waals surface area contributed by atoms with E-state index >= 15 is 0 Å². The van der Waals surface area contributed by atoms with Crippen LogP contribution < -0.4 is 5.32 Å². The van der Waals surface area contributed by atoms with Gasteiger partial charge in [-0.25, -0.2) is 19.3 Å². The van der Waals surface area contributed by atoms with Crippen LogP contribution in [0.1, 0.15) is 19.0 Å². The molecule has 0 spiro atoms. The molecule has 0 aliphatic heterocycles. The average Bonchev–Trinajstić information content (AvgIpc) is 2.46. The fourth-order valence-corrected chi connectivity index (χ4v) is 1.69. The van der Waals surface area contributed by atoms with Crippen LogP contribution in [0.2, 0.25) is 0 Å². The Bertz CT molecular complexity index is 560. The minimum atomic E-state index is -0.383. The fraction of sp³-hybridized carbons (Fsp3) is 0.357.